The van der Waals surface area contributed by atoms with Gasteiger partial charge in [-0.15, -0.1) is 0 Å². The first kappa shape index (κ1) is 12.8. The zero-order valence-corrected chi connectivity index (χ0v) is 10.3. The molecule has 0 bridgehead atoms. The van der Waals surface area contributed by atoms with Gasteiger partial charge in [-0.3, -0.25) is 10.3 Å². The number of hydrogen-bond acceptors (Lipinski definition) is 5. The van der Waals surface area contributed by atoms with Crippen LogP contribution in [0.2, 0.25) is 0 Å². The summed E-state index contributed by atoms with van der Waals surface area (Å²) >= 11 is 0. The molecule has 0 unspecified atom stereocenters. The van der Waals surface area contributed by atoms with Crippen LogP contribution < -0.4 is 10.6 Å². The highest BCUT2D eigenvalue weighted by Crippen LogP contribution is 2.18. The maximum Gasteiger partial charge on any atom is 0.139 e. The van der Waals surface area contributed by atoms with Crippen molar-refractivity contribution < 1.29 is 5.11 Å². The van der Waals surface area contributed by atoms with E-state index in [4.69, 9.17) is 16.2 Å². The summed E-state index contributed by atoms with van der Waals surface area (Å²) in [5, 5.41) is 16.5. The number of nitrogen functional groups attached to an aromatic ring is 1. The lowest BCUT2D eigenvalue weighted by Crippen LogP contribution is -2.48. The Labute approximate surface area is 107 Å². The molecule has 1 saturated heterocycles. The molecule has 2 rings (SSSR count). The summed E-state index contributed by atoms with van der Waals surface area (Å²) in [4.78, 5) is 8.69. The van der Waals surface area contributed by atoms with Gasteiger partial charge in [-0.1, -0.05) is 0 Å². The summed E-state index contributed by atoms with van der Waals surface area (Å²) in [6, 6.07) is 3.62. The van der Waals surface area contributed by atoms with Crippen molar-refractivity contribution in [2.24, 2.45) is 5.73 Å². The topological polar surface area (TPSA) is 89.5 Å². The number of amidine groups is 1. The summed E-state index contributed by atoms with van der Waals surface area (Å²) in [7, 11) is 0. The molecular weight excluding hydrogens is 230 g/mol. The SMILES string of the molecule is N=C(N)c1cccnc1N1CCN(CCO)CC1. The first-order valence-corrected chi connectivity index (χ1v) is 6.10. The molecule has 0 saturated carbocycles. The summed E-state index contributed by atoms with van der Waals surface area (Å²) in [6.45, 7) is 4.40. The summed E-state index contributed by atoms with van der Waals surface area (Å²) < 4.78 is 0. The van der Waals surface area contributed by atoms with E-state index >= 15 is 0 Å². The number of aliphatic hydroxyl groups excluding tert-OH is 1. The van der Waals surface area contributed by atoms with Crippen molar-refractivity contribution in [2.75, 3.05) is 44.2 Å². The smallest absolute Gasteiger partial charge is 0.139 e. The van der Waals surface area contributed by atoms with E-state index in [1.807, 2.05) is 6.07 Å². The molecule has 1 aliphatic heterocycles. The van der Waals surface area contributed by atoms with E-state index in [0.717, 1.165) is 38.5 Å². The van der Waals surface area contributed by atoms with Gasteiger partial charge in [0.1, 0.15) is 11.7 Å². The van der Waals surface area contributed by atoms with Crippen LogP contribution in [-0.2, 0) is 0 Å². The molecule has 6 heteroatoms. The van der Waals surface area contributed by atoms with Crippen molar-refractivity contribution in [2.45, 2.75) is 0 Å². The molecule has 0 amide bonds. The van der Waals surface area contributed by atoms with Gasteiger partial charge in [0.15, 0.2) is 0 Å². The van der Waals surface area contributed by atoms with Gasteiger partial charge in [-0.05, 0) is 12.1 Å². The van der Waals surface area contributed by atoms with Gasteiger partial charge in [0.05, 0.1) is 12.2 Å². The van der Waals surface area contributed by atoms with Crippen molar-refractivity contribution >= 4 is 11.7 Å². The highest BCUT2D eigenvalue weighted by atomic mass is 16.3. The molecule has 0 atom stereocenters. The van der Waals surface area contributed by atoms with Gasteiger partial charge in [-0.25, -0.2) is 4.98 Å². The maximum atomic E-state index is 8.91. The van der Waals surface area contributed by atoms with Gasteiger partial charge >= 0.3 is 0 Å². The zero-order chi connectivity index (χ0) is 13.0. The highest BCUT2D eigenvalue weighted by molar-refractivity contribution is 5.99. The molecule has 1 aliphatic rings. The average Bonchev–Trinajstić information content (AvgIpc) is 2.40. The minimum atomic E-state index is 0.0517. The fourth-order valence-electron chi connectivity index (χ4n) is 2.18. The van der Waals surface area contributed by atoms with E-state index in [2.05, 4.69) is 14.8 Å². The lowest BCUT2D eigenvalue weighted by Gasteiger charge is -2.35. The third-order valence-electron chi connectivity index (χ3n) is 3.16. The molecule has 0 aliphatic carbocycles. The average molecular weight is 249 g/mol. The molecule has 1 aromatic heterocycles. The van der Waals surface area contributed by atoms with Crippen molar-refractivity contribution in [3.8, 4) is 0 Å². The Morgan fingerprint density at radius 3 is 2.72 bits per heavy atom. The second kappa shape index (κ2) is 5.79. The van der Waals surface area contributed by atoms with E-state index in [1.165, 1.54) is 0 Å². The number of β-amino-alcohol motifs (C(OH)–C–C–N with tert-alkyl or cyclic N) is 1. The molecule has 2 heterocycles. The zero-order valence-electron chi connectivity index (χ0n) is 10.3. The number of rotatable bonds is 4. The van der Waals surface area contributed by atoms with E-state index in [9.17, 15) is 0 Å². The highest BCUT2D eigenvalue weighted by Gasteiger charge is 2.20. The number of pyridine rings is 1. The first-order chi connectivity index (χ1) is 8.72. The Kier molecular flexibility index (Phi) is 4.11. The molecule has 1 fully saturated rings. The van der Waals surface area contributed by atoms with Gasteiger partial charge in [0.2, 0.25) is 0 Å². The van der Waals surface area contributed by atoms with E-state index in [0.29, 0.717) is 5.56 Å². The monoisotopic (exact) mass is 249 g/mol. The second-order valence-electron chi connectivity index (χ2n) is 4.34. The van der Waals surface area contributed by atoms with E-state index < -0.39 is 0 Å². The van der Waals surface area contributed by atoms with Crippen molar-refractivity contribution in [1.82, 2.24) is 9.88 Å². The Hall–Kier alpha value is -1.66. The van der Waals surface area contributed by atoms with Gasteiger partial charge in [0, 0.05) is 38.9 Å². The molecular formula is C12H19N5O. The van der Waals surface area contributed by atoms with Crippen LogP contribution in [0.15, 0.2) is 18.3 Å². The summed E-state index contributed by atoms with van der Waals surface area (Å²) in [5.41, 5.74) is 6.26. The number of nitrogens with zero attached hydrogens (tertiary/aromatic N) is 3. The van der Waals surface area contributed by atoms with Gasteiger partial charge in [0.25, 0.3) is 0 Å². The number of hydrogen-bond donors (Lipinski definition) is 3. The molecule has 0 radical (unpaired) electrons. The largest absolute Gasteiger partial charge is 0.395 e. The Morgan fingerprint density at radius 2 is 2.11 bits per heavy atom. The van der Waals surface area contributed by atoms with Crippen LogP contribution in [0.4, 0.5) is 5.82 Å². The lowest BCUT2D eigenvalue weighted by atomic mass is 10.2. The fraction of sp³-hybridized carbons (Fsp3) is 0.500. The van der Waals surface area contributed by atoms with Crippen molar-refractivity contribution in [3.05, 3.63) is 23.9 Å². The predicted molar refractivity (Wildman–Crippen MR) is 71.0 cm³/mol. The van der Waals surface area contributed by atoms with Crippen molar-refractivity contribution in [1.29, 1.82) is 5.41 Å². The normalized spacial score (nSPS) is 16.8. The van der Waals surface area contributed by atoms with Crippen molar-refractivity contribution in [3.63, 3.8) is 0 Å². The number of aliphatic hydroxyl groups is 1. The van der Waals surface area contributed by atoms with Gasteiger partial charge < -0.3 is 15.7 Å². The van der Waals surface area contributed by atoms with E-state index in [1.54, 1.807) is 12.3 Å². The van der Waals surface area contributed by atoms with Crippen LogP contribution in [-0.4, -0.2) is 60.2 Å². The molecule has 6 nitrogen and oxygen atoms in total. The number of nitrogens with two attached hydrogens (primary N) is 1. The first-order valence-electron chi connectivity index (χ1n) is 6.10. The molecule has 1 aromatic rings. The number of aromatic nitrogens is 1. The van der Waals surface area contributed by atoms with Crippen LogP contribution in [0.25, 0.3) is 0 Å². The van der Waals surface area contributed by atoms with Crippen LogP contribution >= 0.6 is 0 Å². The second-order valence-corrected chi connectivity index (χ2v) is 4.34. The minimum absolute atomic E-state index is 0.0517. The molecule has 4 N–H and O–H groups in total. The third-order valence-corrected chi connectivity index (χ3v) is 3.16. The molecule has 0 aromatic carbocycles. The fourth-order valence-corrected chi connectivity index (χ4v) is 2.18. The molecule has 0 spiro atoms. The van der Waals surface area contributed by atoms with Crippen LogP contribution in [0.5, 0.6) is 0 Å². The summed E-state index contributed by atoms with van der Waals surface area (Å²) in [5.74, 6) is 0.838. The third kappa shape index (κ3) is 2.77. The molecule has 98 valence electrons. The Bertz CT molecular complexity index is 415. The van der Waals surface area contributed by atoms with Crippen LogP contribution in [0.1, 0.15) is 5.56 Å². The van der Waals surface area contributed by atoms with Crippen LogP contribution in [0, 0.1) is 5.41 Å². The number of piperazine rings is 1. The summed E-state index contributed by atoms with van der Waals surface area (Å²) in [6.07, 6.45) is 1.72. The van der Waals surface area contributed by atoms with E-state index in [-0.39, 0.29) is 12.4 Å². The Morgan fingerprint density at radius 1 is 1.39 bits per heavy atom. The van der Waals surface area contributed by atoms with Gasteiger partial charge in [-0.2, -0.15) is 0 Å². The molecule has 18 heavy (non-hydrogen) atoms. The standard InChI is InChI=1S/C12H19N5O/c13-11(14)10-2-1-3-15-12(10)17-6-4-16(5-7-17)8-9-18/h1-3,18H,4-9H2,(H3,13,14). The minimum Gasteiger partial charge on any atom is -0.395 e. The Balaban J connectivity index is 2.07. The van der Waals surface area contributed by atoms with Crippen LogP contribution in [0.3, 0.4) is 0 Å². The number of nitrogens with one attached hydrogen (secondary N) is 1. The lowest BCUT2D eigenvalue weighted by molar-refractivity contribution is 0.188. The predicted octanol–water partition coefficient (Wildman–Crippen LogP) is -0.520. The number of anilines is 1. The maximum absolute atomic E-state index is 8.91. The quantitative estimate of drug-likeness (QED) is 0.493.